The second kappa shape index (κ2) is 6.25. The molecular weight excluding hydrogens is 278 g/mol. The van der Waals surface area contributed by atoms with Crippen molar-refractivity contribution in [2.24, 2.45) is 0 Å². The SMILES string of the molecule is CC(C)NC(=O)c1cc(Nc2ccc(F)c(F)c2)ncn1. The van der Waals surface area contributed by atoms with Crippen LogP contribution in [0, 0.1) is 11.6 Å². The molecule has 2 N–H and O–H groups in total. The van der Waals surface area contributed by atoms with Crippen LogP contribution in [-0.4, -0.2) is 21.9 Å². The Morgan fingerprint density at radius 1 is 1.14 bits per heavy atom. The van der Waals surface area contributed by atoms with E-state index in [0.29, 0.717) is 11.5 Å². The summed E-state index contributed by atoms with van der Waals surface area (Å²) in [5.41, 5.74) is 0.506. The van der Waals surface area contributed by atoms with Crippen LogP contribution in [0.2, 0.25) is 0 Å². The van der Waals surface area contributed by atoms with Gasteiger partial charge < -0.3 is 10.6 Å². The van der Waals surface area contributed by atoms with Gasteiger partial charge in [0.15, 0.2) is 11.6 Å². The molecule has 0 atom stereocenters. The van der Waals surface area contributed by atoms with Gasteiger partial charge in [-0.25, -0.2) is 18.7 Å². The smallest absolute Gasteiger partial charge is 0.270 e. The van der Waals surface area contributed by atoms with Crippen molar-refractivity contribution in [1.29, 1.82) is 0 Å². The van der Waals surface area contributed by atoms with Crippen molar-refractivity contribution in [1.82, 2.24) is 15.3 Å². The van der Waals surface area contributed by atoms with Gasteiger partial charge in [0.25, 0.3) is 5.91 Å². The van der Waals surface area contributed by atoms with E-state index in [2.05, 4.69) is 20.6 Å². The molecule has 110 valence electrons. The van der Waals surface area contributed by atoms with Crippen LogP contribution in [0.25, 0.3) is 0 Å². The average molecular weight is 292 g/mol. The third-order valence-electron chi connectivity index (χ3n) is 2.51. The maximum Gasteiger partial charge on any atom is 0.270 e. The molecular formula is C14H14F2N4O. The third kappa shape index (κ3) is 3.95. The number of hydrogen-bond acceptors (Lipinski definition) is 4. The Labute approximate surface area is 120 Å². The molecule has 0 aliphatic rings. The minimum absolute atomic E-state index is 0.0185. The molecule has 2 rings (SSSR count). The molecule has 0 radical (unpaired) electrons. The van der Waals surface area contributed by atoms with Gasteiger partial charge in [-0.15, -0.1) is 0 Å². The Morgan fingerprint density at radius 3 is 2.57 bits per heavy atom. The fourth-order valence-corrected chi connectivity index (χ4v) is 1.61. The first kappa shape index (κ1) is 14.8. The van der Waals surface area contributed by atoms with E-state index >= 15 is 0 Å². The Kier molecular flexibility index (Phi) is 4.42. The molecule has 7 heteroatoms. The van der Waals surface area contributed by atoms with Crippen LogP contribution in [0.1, 0.15) is 24.3 Å². The van der Waals surface area contributed by atoms with E-state index in [9.17, 15) is 13.6 Å². The van der Waals surface area contributed by atoms with Crippen LogP contribution >= 0.6 is 0 Å². The highest BCUT2D eigenvalue weighted by Crippen LogP contribution is 2.17. The first-order chi connectivity index (χ1) is 9.95. The lowest BCUT2D eigenvalue weighted by Crippen LogP contribution is -2.30. The number of aromatic nitrogens is 2. The highest BCUT2D eigenvalue weighted by molar-refractivity contribution is 5.93. The molecule has 5 nitrogen and oxygen atoms in total. The zero-order valence-electron chi connectivity index (χ0n) is 11.5. The number of amides is 1. The number of carbonyl (C=O) groups excluding carboxylic acids is 1. The van der Waals surface area contributed by atoms with E-state index in [1.54, 1.807) is 0 Å². The highest BCUT2D eigenvalue weighted by Gasteiger charge is 2.10. The van der Waals surface area contributed by atoms with Crippen molar-refractivity contribution in [3.8, 4) is 0 Å². The largest absolute Gasteiger partial charge is 0.349 e. The molecule has 0 unspecified atom stereocenters. The van der Waals surface area contributed by atoms with Gasteiger partial charge in [-0.1, -0.05) is 0 Å². The Morgan fingerprint density at radius 2 is 1.90 bits per heavy atom. The van der Waals surface area contributed by atoms with Crippen LogP contribution in [0.15, 0.2) is 30.6 Å². The van der Waals surface area contributed by atoms with E-state index in [0.717, 1.165) is 12.1 Å². The summed E-state index contributed by atoms with van der Waals surface area (Å²) in [4.78, 5) is 19.6. The second-order valence-corrected chi connectivity index (χ2v) is 4.67. The van der Waals surface area contributed by atoms with E-state index in [-0.39, 0.29) is 17.6 Å². The molecule has 1 aromatic carbocycles. The van der Waals surface area contributed by atoms with Crippen molar-refractivity contribution in [2.75, 3.05) is 5.32 Å². The van der Waals surface area contributed by atoms with Crippen molar-refractivity contribution in [3.63, 3.8) is 0 Å². The van der Waals surface area contributed by atoms with Crippen LogP contribution in [-0.2, 0) is 0 Å². The lowest BCUT2D eigenvalue weighted by molar-refractivity contribution is 0.0938. The van der Waals surface area contributed by atoms with Crippen molar-refractivity contribution in [3.05, 3.63) is 47.9 Å². The van der Waals surface area contributed by atoms with Crippen molar-refractivity contribution < 1.29 is 13.6 Å². The van der Waals surface area contributed by atoms with Gasteiger partial charge >= 0.3 is 0 Å². The van der Waals surface area contributed by atoms with Gasteiger partial charge in [-0.05, 0) is 26.0 Å². The number of rotatable bonds is 4. The van der Waals surface area contributed by atoms with E-state index in [1.807, 2.05) is 13.8 Å². The van der Waals surface area contributed by atoms with Crippen molar-refractivity contribution >= 4 is 17.4 Å². The number of carbonyl (C=O) groups is 1. The minimum atomic E-state index is -0.966. The number of anilines is 2. The summed E-state index contributed by atoms with van der Waals surface area (Å²) in [6, 6.07) is 4.79. The predicted octanol–water partition coefficient (Wildman–Crippen LogP) is 2.64. The summed E-state index contributed by atoms with van der Waals surface area (Å²) in [6.45, 7) is 3.67. The number of halogens is 2. The summed E-state index contributed by atoms with van der Waals surface area (Å²) in [5, 5.41) is 5.48. The van der Waals surface area contributed by atoms with Gasteiger partial charge in [-0.3, -0.25) is 4.79 Å². The third-order valence-corrected chi connectivity index (χ3v) is 2.51. The van der Waals surface area contributed by atoms with Crippen molar-refractivity contribution in [2.45, 2.75) is 19.9 Å². The maximum absolute atomic E-state index is 13.1. The van der Waals surface area contributed by atoms with Gasteiger partial charge in [0.05, 0.1) is 0 Å². The lowest BCUT2D eigenvalue weighted by atomic mass is 10.3. The van der Waals surface area contributed by atoms with E-state index in [1.165, 1.54) is 18.5 Å². The number of nitrogens with zero attached hydrogens (tertiary/aromatic N) is 2. The Hall–Kier alpha value is -2.57. The highest BCUT2D eigenvalue weighted by atomic mass is 19.2. The molecule has 0 fully saturated rings. The molecule has 0 saturated heterocycles. The molecule has 0 bridgehead atoms. The molecule has 1 amide bonds. The summed E-state index contributed by atoms with van der Waals surface area (Å²) in [5.74, 6) is -1.92. The zero-order chi connectivity index (χ0) is 15.4. The van der Waals surface area contributed by atoms with Crippen LogP contribution < -0.4 is 10.6 Å². The minimum Gasteiger partial charge on any atom is -0.349 e. The van der Waals surface area contributed by atoms with E-state index < -0.39 is 11.6 Å². The van der Waals surface area contributed by atoms with Crippen LogP contribution in [0.5, 0.6) is 0 Å². The zero-order valence-corrected chi connectivity index (χ0v) is 11.5. The summed E-state index contributed by atoms with van der Waals surface area (Å²) >= 11 is 0. The fourth-order valence-electron chi connectivity index (χ4n) is 1.61. The first-order valence-electron chi connectivity index (χ1n) is 6.30. The quantitative estimate of drug-likeness (QED) is 0.909. The number of benzene rings is 1. The topological polar surface area (TPSA) is 66.9 Å². The lowest BCUT2D eigenvalue weighted by Gasteiger charge is -2.09. The standard InChI is InChI=1S/C14H14F2N4O/c1-8(2)19-14(21)12-6-13(18-7-17-12)20-9-3-4-10(15)11(16)5-9/h3-8H,1-2H3,(H,19,21)(H,17,18,20). The molecule has 0 saturated carbocycles. The molecule has 0 aliphatic carbocycles. The molecule has 1 heterocycles. The second-order valence-electron chi connectivity index (χ2n) is 4.67. The normalized spacial score (nSPS) is 10.5. The molecule has 0 spiro atoms. The first-order valence-corrected chi connectivity index (χ1v) is 6.30. The summed E-state index contributed by atoms with van der Waals surface area (Å²) in [6.07, 6.45) is 1.22. The average Bonchev–Trinajstić information content (AvgIpc) is 2.42. The van der Waals surface area contributed by atoms with Gasteiger partial charge in [0.2, 0.25) is 0 Å². The van der Waals surface area contributed by atoms with Gasteiger partial charge in [0.1, 0.15) is 17.8 Å². The molecule has 2 aromatic rings. The van der Waals surface area contributed by atoms with Gasteiger partial charge in [0, 0.05) is 23.9 Å². The molecule has 21 heavy (non-hydrogen) atoms. The predicted molar refractivity (Wildman–Crippen MR) is 74.3 cm³/mol. The Balaban J connectivity index is 2.17. The Bertz CT molecular complexity index is 661. The molecule has 0 aliphatic heterocycles. The van der Waals surface area contributed by atoms with E-state index in [4.69, 9.17) is 0 Å². The summed E-state index contributed by atoms with van der Waals surface area (Å²) < 4.78 is 26.0. The fraction of sp³-hybridized carbons (Fsp3) is 0.214. The monoisotopic (exact) mass is 292 g/mol. The van der Waals surface area contributed by atoms with Gasteiger partial charge in [-0.2, -0.15) is 0 Å². The number of hydrogen-bond donors (Lipinski definition) is 2. The number of nitrogens with one attached hydrogen (secondary N) is 2. The van der Waals surface area contributed by atoms with Crippen LogP contribution in [0.4, 0.5) is 20.3 Å². The molecule has 1 aromatic heterocycles. The maximum atomic E-state index is 13.1. The van der Waals surface area contributed by atoms with Crippen LogP contribution in [0.3, 0.4) is 0 Å². The summed E-state index contributed by atoms with van der Waals surface area (Å²) in [7, 11) is 0.